The van der Waals surface area contributed by atoms with Crippen molar-refractivity contribution >= 4 is 29.3 Å². The van der Waals surface area contributed by atoms with Crippen molar-refractivity contribution in [2.24, 2.45) is 17.6 Å². The Morgan fingerprint density at radius 2 is 2.07 bits per heavy atom. The number of nitrogens with one attached hydrogen (secondary N) is 2. The van der Waals surface area contributed by atoms with Gasteiger partial charge >= 0.3 is 0 Å². The normalized spacial score (nSPS) is 30.1. The number of methoxy groups -OCH3 is 1. The Hall–Kier alpha value is -2.85. The Labute approximate surface area is 165 Å². The zero-order chi connectivity index (χ0) is 20.9. The zero-order valence-corrected chi connectivity index (χ0v) is 15.7. The molecule has 4 rings (SSSR count). The number of hydrogen-bond acceptors (Lipinski definition) is 6. The van der Waals surface area contributed by atoms with Crippen molar-refractivity contribution in [3.63, 3.8) is 0 Å². The molecule has 10 heteroatoms. The van der Waals surface area contributed by atoms with E-state index >= 15 is 0 Å². The molecule has 3 heterocycles. The molecule has 4 atom stereocenters. The van der Waals surface area contributed by atoms with E-state index in [9.17, 15) is 23.6 Å². The number of carbonyl (C=O) groups excluding carboxylic acids is 4. The van der Waals surface area contributed by atoms with Crippen LogP contribution in [-0.4, -0.2) is 54.8 Å². The van der Waals surface area contributed by atoms with Crippen LogP contribution in [0.3, 0.4) is 0 Å². The molecule has 4 amide bonds. The van der Waals surface area contributed by atoms with E-state index in [0.29, 0.717) is 18.7 Å². The predicted molar refractivity (Wildman–Crippen MR) is 97.6 cm³/mol. The lowest BCUT2D eigenvalue weighted by molar-refractivity contribution is -0.143. The Balaban J connectivity index is 1.80. The van der Waals surface area contributed by atoms with Crippen LogP contribution in [0.1, 0.15) is 18.4 Å². The summed E-state index contributed by atoms with van der Waals surface area (Å²) in [6.45, 7) is 0.491. The van der Waals surface area contributed by atoms with Gasteiger partial charge in [-0.25, -0.2) is 4.39 Å². The standard InChI is InChI=1S/C19H21FN4O5/c1-29-6-2-5-24-16(26)14-12(8-13(21)25)23-19(15(14)17(24)27)10-7-9(20)3-4-11(10)22-18(19)28/h3-4,7,12,14-15,23H,2,5-6,8H2,1H3,(H2,21,25)(H,22,28)/t12?,14-,15+,19?/m1/s1. The minimum absolute atomic E-state index is 0.134. The van der Waals surface area contributed by atoms with Gasteiger partial charge < -0.3 is 15.8 Å². The molecule has 4 N–H and O–H groups in total. The lowest BCUT2D eigenvalue weighted by Crippen LogP contribution is -2.53. The second-order valence-corrected chi connectivity index (χ2v) is 7.55. The molecule has 2 unspecified atom stereocenters. The molecule has 9 nitrogen and oxygen atoms in total. The van der Waals surface area contributed by atoms with Crippen LogP contribution in [0.4, 0.5) is 10.1 Å². The third-order valence-electron chi connectivity index (χ3n) is 5.92. The van der Waals surface area contributed by atoms with Crippen LogP contribution < -0.4 is 16.4 Å². The monoisotopic (exact) mass is 404 g/mol. The van der Waals surface area contributed by atoms with Crippen molar-refractivity contribution in [1.29, 1.82) is 0 Å². The van der Waals surface area contributed by atoms with Crippen molar-refractivity contribution < 1.29 is 28.3 Å². The number of nitrogens with zero attached hydrogens (tertiary/aromatic N) is 1. The van der Waals surface area contributed by atoms with E-state index in [0.717, 1.165) is 4.90 Å². The predicted octanol–water partition coefficient (Wildman–Crippen LogP) is -0.542. The second-order valence-electron chi connectivity index (χ2n) is 7.55. The molecule has 154 valence electrons. The topological polar surface area (TPSA) is 131 Å². The number of rotatable bonds is 6. The summed E-state index contributed by atoms with van der Waals surface area (Å²) >= 11 is 0. The van der Waals surface area contributed by atoms with Gasteiger partial charge in [0.05, 0.1) is 11.8 Å². The average Bonchev–Trinajstić information content (AvgIpc) is 3.22. The van der Waals surface area contributed by atoms with Crippen molar-refractivity contribution in [1.82, 2.24) is 10.2 Å². The molecule has 1 aromatic carbocycles. The molecule has 2 fully saturated rings. The lowest BCUT2D eigenvalue weighted by atomic mass is 9.76. The van der Waals surface area contributed by atoms with Gasteiger partial charge in [-0.2, -0.15) is 0 Å². The summed E-state index contributed by atoms with van der Waals surface area (Å²) < 4.78 is 19.0. The van der Waals surface area contributed by atoms with E-state index < -0.39 is 52.9 Å². The number of primary amides is 1. The van der Waals surface area contributed by atoms with Gasteiger partial charge in [0.25, 0.3) is 0 Å². The van der Waals surface area contributed by atoms with E-state index in [-0.39, 0.29) is 18.5 Å². The third kappa shape index (κ3) is 2.74. The summed E-state index contributed by atoms with van der Waals surface area (Å²) in [6, 6.07) is 2.97. The molecule has 0 radical (unpaired) electrons. The fraction of sp³-hybridized carbons (Fsp3) is 0.474. The minimum atomic E-state index is -1.63. The summed E-state index contributed by atoms with van der Waals surface area (Å²) in [5.41, 5.74) is 4.32. The van der Waals surface area contributed by atoms with Gasteiger partial charge in [-0.15, -0.1) is 0 Å². The van der Waals surface area contributed by atoms with Crippen LogP contribution in [0.5, 0.6) is 0 Å². The maximum atomic E-state index is 14.0. The van der Waals surface area contributed by atoms with Crippen molar-refractivity contribution in [2.45, 2.75) is 24.4 Å². The van der Waals surface area contributed by atoms with Crippen LogP contribution in [0.15, 0.2) is 18.2 Å². The highest BCUT2D eigenvalue weighted by molar-refractivity contribution is 6.15. The van der Waals surface area contributed by atoms with E-state index in [2.05, 4.69) is 10.6 Å². The van der Waals surface area contributed by atoms with E-state index in [4.69, 9.17) is 10.5 Å². The largest absolute Gasteiger partial charge is 0.385 e. The van der Waals surface area contributed by atoms with E-state index in [1.807, 2.05) is 0 Å². The van der Waals surface area contributed by atoms with E-state index in [1.54, 1.807) is 0 Å². The van der Waals surface area contributed by atoms with Gasteiger partial charge in [0, 0.05) is 44.0 Å². The molecule has 2 saturated heterocycles. The van der Waals surface area contributed by atoms with Crippen molar-refractivity contribution in [3.8, 4) is 0 Å². The average molecular weight is 404 g/mol. The number of imide groups is 1. The summed E-state index contributed by atoms with van der Waals surface area (Å²) in [5, 5.41) is 5.67. The third-order valence-corrected chi connectivity index (χ3v) is 5.92. The fourth-order valence-electron chi connectivity index (χ4n) is 4.81. The number of benzene rings is 1. The first-order valence-corrected chi connectivity index (χ1v) is 9.33. The van der Waals surface area contributed by atoms with Crippen molar-refractivity contribution in [3.05, 3.63) is 29.6 Å². The molecule has 1 spiro atoms. The minimum Gasteiger partial charge on any atom is -0.385 e. The molecule has 0 aromatic heterocycles. The smallest absolute Gasteiger partial charge is 0.250 e. The maximum Gasteiger partial charge on any atom is 0.250 e. The summed E-state index contributed by atoms with van der Waals surface area (Å²) in [7, 11) is 1.51. The Kier molecular flexibility index (Phi) is 4.62. The SMILES string of the molecule is COCCCN1C(=O)[C@@H]2C(CC(N)=O)NC3(C(=O)Nc4ccc(F)cc43)[C@@H]2C1=O. The van der Waals surface area contributed by atoms with Gasteiger partial charge in [0.15, 0.2) is 0 Å². The number of anilines is 1. The Bertz CT molecular complexity index is 922. The molecule has 0 aliphatic carbocycles. The first-order valence-electron chi connectivity index (χ1n) is 9.33. The van der Waals surface area contributed by atoms with Gasteiger partial charge in [-0.3, -0.25) is 29.4 Å². The maximum absolute atomic E-state index is 14.0. The summed E-state index contributed by atoms with van der Waals surface area (Å²) in [6.07, 6.45) is 0.206. The van der Waals surface area contributed by atoms with Gasteiger partial charge in [0.2, 0.25) is 23.6 Å². The molecule has 29 heavy (non-hydrogen) atoms. The highest BCUT2D eigenvalue weighted by Crippen LogP contribution is 2.53. The molecule has 1 aromatic rings. The first kappa shape index (κ1) is 19.5. The fourth-order valence-corrected chi connectivity index (χ4v) is 4.81. The highest BCUT2D eigenvalue weighted by Gasteiger charge is 2.70. The lowest BCUT2D eigenvalue weighted by Gasteiger charge is -2.29. The summed E-state index contributed by atoms with van der Waals surface area (Å²) in [5.74, 6) is -4.84. The van der Waals surface area contributed by atoms with Crippen LogP contribution in [0.25, 0.3) is 0 Å². The number of carbonyl (C=O) groups is 4. The quantitative estimate of drug-likeness (QED) is 0.431. The van der Waals surface area contributed by atoms with Gasteiger partial charge in [-0.05, 0) is 24.6 Å². The van der Waals surface area contributed by atoms with Crippen LogP contribution in [0.2, 0.25) is 0 Å². The molecule has 3 aliphatic rings. The number of ether oxygens (including phenoxy) is 1. The van der Waals surface area contributed by atoms with Crippen molar-refractivity contribution in [2.75, 3.05) is 25.6 Å². The number of fused-ring (bicyclic) bond motifs is 4. The van der Waals surface area contributed by atoms with Crippen LogP contribution >= 0.6 is 0 Å². The molecule has 0 bridgehead atoms. The Morgan fingerprint density at radius 3 is 2.76 bits per heavy atom. The molecule has 0 saturated carbocycles. The summed E-state index contributed by atoms with van der Waals surface area (Å²) in [4.78, 5) is 52.1. The molecular formula is C19H21FN4O5. The van der Waals surface area contributed by atoms with Gasteiger partial charge in [-0.1, -0.05) is 0 Å². The number of amides is 4. The van der Waals surface area contributed by atoms with Crippen LogP contribution in [0, 0.1) is 17.7 Å². The van der Waals surface area contributed by atoms with Crippen LogP contribution in [-0.2, 0) is 29.5 Å². The number of nitrogens with two attached hydrogens (primary N) is 1. The number of hydrogen-bond donors (Lipinski definition) is 3. The first-order chi connectivity index (χ1) is 13.8. The number of likely N-dealkylation sites (tertiary alicyclic amines) is 1. The van der Waals surface area contributed by atoms with Gasteiger partial charge in [0.1, 0.15) is 11.4 Å². The molecular weight excluding hydrogens is 383 g/mol. The second kappa shape index (κ2) is 6.89. The molecule has 3 aliphatic heterocycles. The number of halogens is 1. The highest BCUT2D eigenvalue weighted by atomic mass is 19.1. The van der Waals surface area contributed by atoms with E-state index in [1.165, 1.54) is 25.3 Å². The zero-order valence-electron chi connectivity index (χ0n) is 15.7. The Morgan fingerprint density at radius 1 is 1.31 bits per heavy atom.